The molecule has 0 aliphatic heterocycles. The molecule has 0 bridgehead atoms. The summed E-state index contributed by atoms with van der Waals surface area (Å²) in [7, 11) is 1.39. The van der Waals surface area contributed by atoms with E-state index in [2.05, 4.69) is 5.16 Å². The minimum atomic E-state index is -4.40. The topological polar surface area (TPSA) is 41.8 Å². The van der Waals surface area contributed by atoms with Gasteiger partial charge >= 0.3 is 6.18 Å². The van der Waals surface area contributed by atoms with Crippen molar-refractivity contribution < 1.29 is 23.1 Å². The fourth-order valence-corrected chi connectivity index (χ4v) is 2.88. The Morgan fingerprint density at radius 1 is 0.926 bits per heavy atom. The van der Waals surface area contributed by atoms with Crippen molar-refractivity contribution in [3.05, 3.63) is 64.2 Å². The molecule has 2 rings (SSSR count). The van der Waals surface area contributed by atoms with Gasteiger partial charge in [0.15, 0.2) is 0 Å². The molecular weight excluding hydrogens is 355 g/mol. The molecule has 0 radical (unpaired) electrons. The van der Waals surface area contributed by atoms with E-state index in [4.69, 9.17) is 4.84 Å². The van der Waals surface area contributed by atoms with Crippen molar-refractivity contribution in [2.45, 2.75) is 45.7 Å². The van der Waals surface area contributed by atoms with Gasteiger partial charge in [0.2, 0.25) is 0 Å². The Balaban J connectivity index is 2.62. The number of alkyl halides is 3. The standard InChI is InChI=1S/C21H24F3NO2/c1-12(2)17-10-15(11-18(13(3)4)20(17)26)19(25-27-5)14-6-8-16(9-7-14)21(22,23)24/h6-13,26H,1-5H3/b25-19-. The number of phenols is 1. The number of rotatable bonds is 5. The number of phenolic OH excluding ortho intramolecular Hbond substituents is 1. The van der Waals surface area contributed by atoms with Crippen LogP contribution in [0.15, 0.2) is 41.6 Å². The highest BCUT2D eigenvalue weighted by molar-refractivity contribution is 6.13. The molecule has 27 heavy (non-hydrogen) atoms. The van der Waals surface area contributed by atoms with Crippen molar-refractivity contribution in [1.29, 1.82) is 0 Å². The van der Waals surface area contributed by atoms with E-state index in [0.29, 0.717) is 16.8 Å². The zero-order chi connectivity index (χ0) is 20.4. The van der Waals surface area contributed by atoms with Gasteiger partial charge in [0.1, 0.15) is 18.6 Å². The summed E-state index contributed by atoms with van der Waals surface area (Å²) in [4.78, 5) is 4.94. The molecule has 0 aliphatic rings. The summed E-state index contributed by atoms with van der Waals surface area (Å²) in [5.74, 6) is 0.380. The number of nitrogens with zero attached hydrogens (tertiary/aromatic N) is 1. The van der Waals surface area contributed by atoms with Crippen molar-refractivity contribution in [3.8, 4) is 5.75 Å². The van der Waals surface area contributed by atoms with Crippen molar-refractivity contribution >= 4 is 5.71 Å². The Kier molecular flexibility index (Phi) is 6.19. The summed E-state index contributed by atoms with van der Waals surface area (Å²) in [6, 6.07) is 8.40. The Bertz CT molecular complexity index is 793. The third kappa shape index (κ3) is 4.62. The van der Waals surface area contributed by atoms with Crippen LogP contribution in [-0.4, -0.2) is 17.9 Å². The minimum absolute atomic E-state index is 0.0684. The fourth-order valence-electron chi connectivity index (χ4n) is 2.88. The molecule has 0 atom stereocenters. The monoisotopic (exact) mass is 379 g/mol. The second kappa shape index (κ2) is 8.03. The second-order valence-corrected chi connectivity index (χ2v) is 7.01. The van der Waals surface area contributed by atoms with Crippen LogP contribution in [0.5, 0.6) is 5.75 Å². The van der Waals surface area contributed by atoms with Gasteiger partial charge in [-0.15, -0.1) is 0 Å². The van der Waals surface area contributed by atoms with Crippen LogP contribution >= 0.6 is 0 Å². The number of hydrogen-bond acceptors (Lipinski definition) is 3. The Labute approximate surface area is 157 Å². The SMILES string of the molecule is CO/N=C(/c1ccc(C(F)(F)F)cc1)c1cc(C(C)C)c(O)c(C(C)C)c1. The van der Waals surface area contributed by atoms with Gasteiger partial charge in [-0.1, -0.05) is 45.0 Å². The number of aromatic hydroxyl groups is 1. The maximum absolute atomic E-state index is 12.8. The first-order chi connectivity index (χ1) is 12.6. The van der Waals surface area contributed by atoms with Crippen LogP contribution < -0.4 is 0 Å². The molecule has 1 N–H and O–H groups in total. The van der Waals surface area contributed by atoms with Crippen LogP contribution in [0.4, 0.5) is 13.2 Å². The fraction of sp³-hybridized carbons (Fsp3) is 0.381. The molecule has 0 saturated carbocycles. The van der Waals surface area contributed by atoms with E-state index in [-0.39, 0.29) is 17.6 Å². The van der Waals surface area contributed by atoms with E-state index in [1.807, 2.05) is 27.7 Å². The van der Waals surface area contributed by atoms with Gasteiger partial charge < -0.3 is 9.94 Å². The largest absolute Gasteiger partial charge is 0.507 e. The van der Waals surface area contributed by atoms with Gasteiger partial charge in [-0.3, -0.25) is 0 Å². The highest BCUT2D eigenvalue weighted by Gasteiger charge is 2.30. The summed E-state index contributed by atoms with van der Waals surface area (Å²) in [6.07, 6.45) is -4.40. The van der Waals surface area contributed by atoms with Gasteiger partial charge in [-0.25, -0.2) is 0 Å². The van der Waals surface area contributed by atoms with Crippen molar-refractivity contribution in [1.82, 2.24) is 0 Å². The van der Waals surface area contributed by atoms with Crippen molar-refractivity contribution in [3.63, 3.8) is 0 Å². The molecule has 6 heteroatoms. The smallest absolute Gasteiger partial charge is 0.416 e. The van der Waals surface area contributed by atoms with E-state index >= 15 is 0 Å². The highest BCUT2D eigenvalue weighted by Crippen LogP contribution is 2.36. The first-order valence-corrected chi connectivity index (χ1v) is 8.72. The molecular formula is C21H24F3NO2. The third-order valence-corrected chi connectivity index (χ3v) is 4.35. The normalized spacial score (nSPS) is 12.7. The molecule has 0 saturated heterocycles. The number of oxime groups is 1. The van der Waals surface area contributed by atoms with Gasteiger partial charge in [0, 0.05) is 11.1 Å². The molecule has 0 heterocycles. The van der Waals surface area contributed by atoms with Crippen LogP contribution in [0.25, 0.3) is 0 Å². The highest BCUT2D eigenvalue weighted by atomic mass is 19.4. The van der Waals surface area contributed by atoms with Gasteiger partial charge in [0.25, 0.3) is 0 Å². The van der Waals surface area contributed by atoms with E-state index < -0.39 is 11.7 Å². The Hall–Kier alpha value is -2.50. The molecule has 0 fully saturated rings. The summed E-state index contributed by atoms with van der Waals surface area (Å²) in [5, 5.41) is 14.6. The average molecular weight is 379 g/mol. The predicted octanol–water partition coefficient (Wildman–Crippen LogP) is 6.06. The maximum atomic E-state index is 12.8. The summed E-state index contributed by atoms with van der Waals surface area (Å²) < 4.78 is 38.5. The minimum Gasteiger partial charge on any atom is -0.507 e. The number of halogens is 3. The van der Waals surface area contributed by atoms with Crippen LogP contribution in [0.2, 0.25) is 0 Å². The molecule has 0 amide bonds. The average Bonchev–Trinajstić information content (AvgIpc) is 2.59. The lowest BCUT2D eigenvalue weighted by Crippen LogP contribution is -2.09. The van der Waals surface area contributed by atoms with E-state index in [1.165, 1.54) is 19.2 Å². The van der Waals surface area contributed by atoms with Crippen molar-refractivity contribution in [2.75, 3.05) is 7.11 Å². The van der Waals surface area contributed by atoms with E-state index in [9.17, 15) is 18.3 Å². The van der Waals surface area contributed by atoms with Crippen LogP contribution in [0, 0.1) is 0 Å². The van der Waals surface area contributed by atoms with Gasteiger partial charge in [-0.05, 0) is 47.2 Å². The molecule has 0 aromatic heterocycles. The van der Waals surface area contributed by atoms with E-state index in [0.717, 1.165) is 23.3 Å². The molecule has 0 unspecified atom stereocenters. The first-order valence-electron chi connectivity index (χ1n) is 8.72. The molecule has 0 aliphatic carbocycles. The summed E-state index contributed by atoms with van der Waals surface area (Å²) >= 11 is 0. The quantitative estimate of drug-likeness (QED) is 0.507. The lowest BCUT2D eigenvalue weighted by atomic mass is 9.89. The predicted molar refractivity (Wildman–Crippen MR) is 100 cm³/mol. The number of hydrogen-bond donors (Lipinski definition) is 1. The third-order valence-electron chi connectivity index (χ3n) is 4.35. The first kappa shape index (κ1) is 20.8. The maximum Gasteiger partial charge on any atom is 0.416 e. The van der Waals surface area contributed by atoms with Crippen LogP contribution in [0.3, 0.4) is 0 Å². The lowest BCUT2D eigenvalue weighted by Gasteiger charge is -2.18. The zero-order valence-corrected chi connectivity index (χ0v) is 16.1. The van der Waals surface area contributed by atoms with Crippen molar-refractivity contribution in [2.24, 2.45) is 5.16 Å². The molecule has 0 spiro atoms. The molecule has 2 aromatic carbocycles. The molecule has 3 nitrogen and oxygen atoms in total. The van der Waals surface area contributed by atoms with Gasteiger partial charge in [-0.2, -0.15) is 13.2 Å². The van der Waals surface area contributed by atoms with E-state index in [1.54, 1.807) is 12.1 Å². The lowest BCUT2D eigenvalue weighted by molar-refractivity contribution is -0.137. The zero-order valence-electron chi connectivity index (χ0n) is 16.1. The van der Waals surface area contributed by atoms with Crippen LogP contribution in [0.1, 0.15) is 67.3 Å². The summed E-state index contributed by atoms with van der Waals surface area (Å²) in [6.45, 7) is 7.87. The Morgan fingerprint density at radius 2 is 1.41 bits per heavy atom. The summed E-state index contributed by atoms with van der Waals surface area (Å²) in [5.41, 5.74) is 2.38. The van der Waals surface area contributed by atoms with Gasteiger partial charge in [0.05, 0.1) is 5.56 Å². The van der Waals surface area contributed by atoms with Crippen LogP contribution in [-0.2, 0) is 11.0 Å². The second-order valence-electron chi connectivity index (χ2n) is 7.01. The molecule has 146 valence electrons. The Morgan fingerprint density at radius 3 is 1.78 bits per heavy atom. The molecule has 2 aromatic rings. The number of benzene rings is 2.